The fourth-order valence-electron chi connectivity index (χ4n) is 3.21. The Hall–Kier alpha value is -3.97. The van der Waals surface area contributed by atoms with E-state index in [1.165, 1.54) is 0 Å². The minimum atomic E-state index is -6.68. The molecule has 3 aromatic rings. The van der Waals surface area contributed by atoms with E-state index in [1.54, 1.807) is 0 Å². The van der Waals surface area contributed by atoms with Gasteiger partial charge in [-0.3, -0.25) is 14.3 Å². The van der Waals surface area contributed by atoms with Crippen LogP contribution in [0.1, 0.15) is 74.5 Å². The summed E-state index contributed by atoms with van der Waals surface area (Å²) in [7, 11) is 0. The first-order chi connectivity index (χ1) is 28.8. The van der Waals surface area contributed by atoms with Crippen LogP contribution >= 0.6 is 0 Å². The first-order valence-electron chi connectivity index (χ1n) is 22.8. The van der Waals surface area contributed by atoms with Crippen LogP contribution in [0, 0.1) is 11.6 Å². The molecule has 3 amide bonds. The Bertz CT molecular complexity index is 2570. The molecule has 2 N–H and O–H groups in total. The van der Waals surface area contributed by atoms with Crippen molar-refractivity contribution >= 4 is 23.1 Å². The average molecular weight is 592 g/mol. The van der Waals surface area contributed by atoms with Crippen molar-refractivity contribution in [3.63, 3.8) is 0 Å². The molecule has 0 aliphatic carbocycles. The third kappa shape index (κ3) is 5.65. The van der Waals surface area contributed by atoms with Gasteiger partial charge in [0.05, 0.1) is 20.6 Å². The highest BCUT2D eigenvalue weighted by molar-refractivity contribution is 5.87. The standard InChI is InChI=1S/C26H27F5N6O3/c27-18-4-1-3-17(21(18)28)15-6-7-19(23(38)36(13-15)14-26(29,30)31)33-24(39)35-11-8-16(9-12-35)37-20-5-2-10-32-22(20)34-25(37)40/h1-5,10,15-16,19H,6-9,11-14H2,(H,33,39)(H,32,34,40)/t15-,19-/m1/s1/i1D,2D,3D,4D,5D,6D2,7D2,8D2,9D2,10D,11D2,12D2,13D2,14D2,19D/hD2. The van der Waals surface area contributed by atoms with Gasteiger partial charge >= 0.3 is 17.9 Å². The molecule has 2 atom stereocenters. The fourth-order valence-corrected chi connectivity index (χ4v) is 3.21. The van der Waals surface area contributed by atoms with Gasteiger partial charge in [0.15, 0.2) is 20.1 Å². The van der Waals surface area contributed by atoms with Crippen molar-refractivity contribution in [2.75, 3.05) is 26.0 Å². The Labute approximate surface area is 260 Å². The summed E-state index contributed by atoms with van der Waals surface area (Å²) in [5.74, 6) is -13.0. The van der Waals surface area contributed by atoms with Crippen LogP contribution in [0.4, 0.5) is 26.7 Å². The summed E-state index contributed by atoms with van der Waals surface area (Å²) in [6.45, 7) is -20.3. The molecule has 0 saturated carbocycles. The smallest absolute Gasteiger partial charge is 0.331 e. The van der Waals surface area contributed by atoms with Crippen molar-refractivity contribution in [2.24, 2.45) is 0 Å². The molecule has 0 radical (unpaired) electrons. The number of amides is 3. The van der Waals surface area contributed by atoms with E-state index in [0.717, 1.165) is 0 Å². The maximum Gasteiger partial charge on any atom is 0.406 e. The second kappa shape index (κ2) is 10.9. The first-order valence-corrected chi connectivity index (χ1v) is 10.4. The Morgan fingerprint density at radius 3 is 2.70 bits per heavy atom. The van der Waals surface area contributed by atoms with Gasteiger partial charge < -0.3 is 15.1 Å². The second-order valence-corrected chi connectivity index (χ2v) is 7.40. The lowest BCUT2D eigenvalue weighted by Crippen LogP contribution is -2.54. The van der Waals surface area contributed by atoms with Gasteiger partial charge in [0.1, 0.15) is 12.5 Å². The molecule has 2 fully saturated rings. The predicted molar refractivity (Wildman–Crippen MR) is 133 cm³/mol. The first kappa shape index (κ1) is 10.5. The second-order valence-electron chi connectivity index (χ2n) is 7.40. The molecule has 214 valence electrons. The van der Waals surface area contributed by atoms with Crippen molar-refractivity contribution < 1.29 is 65.9 Å². The third-order valence-electron chi connectivity index (χ3n) is 4.87. The number of H-pyrrole nitrogens is 1. The summed E-state index contributed by atoms with van der Waals surface area (Å²) in [5, 5.41) is -1.76. The minimum Gasteiger partial charge on any atom is -0.331 e. The van der Waals surface area contributed by atoms with E-state index in [1.807, 2.05) is 0 Å². The molecule has 0 unspecified atom stereocenters. The molecular weight excluding hydrogens is 539 g/mol. The summed E-state index contributed by atoms with van der Waals surface area (Å²) in [6.07, 6.45) is -26.9. The van der Waals surface area contributed by atoms with E-state index in [4.69, 9.17) is 34.4 Å². The molecule has 2 aliphatic heterocycles. The molecule has 5 rings (SSSR count). The van der Waals surface area contributed by atoms with Gasteiger partial charge in [-0.05, 0) is 49.2 Å². The molecular formula is C26H27F5N6O3. The van der Waals surface area contributed by atoms with Gasteiger partial charge in [0, 0.05) is 54.1 Å². The molecule has 40 heavy (non-hydrogen) atoms. The van der Waals surface area contributed by atoms with Gasteiger partial charge in [-0.2, -0.15) is 13.2 Å². The van der Waals surface area contributed by atoms with E-state index in [9.17, 15) is 31.9 Å². The molecule has 0 spiro atoms. The fraction of sp³-hybridized carbons (Fsp3) is 0.462. The number of rotatable bonds is 4. The van der Waals surface area contributed by atoms with E-state index in [-0.39, 0.29) is 9.54 Å². The third-order valence-corrected chi connectivity index (χ3v) is 4.87. The van der Waals surface area contributed by atoms with Gasteiger partial charge in [0.25, 0.3) is 0 Å². The molecule has 4 heterocycles. The number of pyridine rings is 1. The summed E-state index contributed by atoms with van der Waals surface area (Å²) >= 11 is 0. The summed E-state index contributed by atoms with van der Waals surface area (Å²) in [4.78, 5) is 42.1. The number of nitrogens with one attached hydrogen (secondary N) is 2. The Kier molecular flexibility index (Phi) is 2.85. The van der Waals surface area contributed by atoms with Crippen LogP contribution in [0.25, 0.3) is 11.2 Å². The largest absolute Gasteiger partial charge is 0.406 e. The summed E-state index contributed by atoms with van der Waals surface area (Å²) in [6, 6.07) is -20.2. The summed E-state index contributed by atoms with van der Waals surface area (Å²) < 4.78 is 284. The van der Waals surface area contributed by atoms with E-state index >= 15 is 4.39 Å². The van der Waals surface area contributed by atoms with Crippen LogP contribution < -0.4 is 11.0 Å². The average Bonchev–Trinajstić information content (AvgIpc) is 3.37. The van der Waals surface area contributed by atoms with Gasteiger partial charge in [-0.15, -0.1) is 0 Å². The number of imidazole rings is 1. The molecule has 1 aromatic carbocycles. The number of hydrogen-bond donors (Lipinski definition) is 2. The molecule has 2 aliphatic rings. The zero-order valence-corrected chi connectivity index (χ0v) is 19.0. The number of aromatic amines is 1. The van der Waals surface area contributed by atoms with Crippen LogP contribution in [0.15, 0.2) is 41.2 Å². The zero-order valence-electron chi connectivity index (χ0n) is 44.0. The van der Waals surface area contributed by atoms with Crippen LogP contribution in [0.2, 0.25) is 2.82 Å². The predicted octanol–water partition coefficient (Wildman–Crippen LogP) is 3.69. The van der Waals surface area contributed by atoms with Crippen molar-refractivity contribution in [1.29, 1.82) is 0 Å². The lowest BCUT2D eigenvalue weighted by Gasteiger charge is -2.34. The number of hydrogen-bond acceptors (Lipinski definition) is 4. The number of nitrogens with zero attached hydrogens (tertiary/aromatic N) is 4. The maximum atomic E-state index is 15.7. The maximum absolute atomic E-state index is 15.7. The van der Waals surface area contributed by atoms with E-state index in [2.05, 4.69) is 4.98 Å². The number of likely N-dealkylation sites (tertiary alicyclic amines) is 2. The van der Waals surface area contributed by atoms with Crippen LogP contribution in [-0.4, -0.2) is 74.4 Å². The normalized spacial score (nSPS) is 41.2. The number of halogens is 5. The number of urea groups is 1. The topological polar surface area (TPSA) is 103 Å². The quantitative estimate of drug-likeness (QED) is 0.452. The zero-order chi connectivity index (χ0) is 50.8. The lowest BCUT2D eigenvalue weighted by molar-refractivity contribution is -0.162. The van der Waals surface area contributed by atoms with Gasteiger partial charge in [-0.25, -0.2) is 23.4 Å². The van der Waals surface area contributed by atoms with Crippen molar-refractivity contribution in [2.45, 2.75) is 49.6 Å². The molecule has 2 saturated heterocycles. The highest BCUT2D eigenvalue weighted by Gasteiger charge is 2.40. The number of benzene rings is 1. The number of fused-ring (bicyclic) bond motifs is 1. The minimum absolute atomic E-state index is 0.281. The molecule has 0 bridgehead atoms. The van der Waals surface area contributed by atoms with Crippen LogP contribution in [0.3, 0.4) is 0 Å². The van der Waals surface area contributed by atoms with Gasteiger partial charge in [-0.1, -0.05) is 12.1 Å². The summed E-state index contributed by atoms with van der Waals surface area (Å²) in [5.41, 5.74) is -6.55. The highest BCUT2D eigenvalue weighted by Crippen LogP contribution is 2.32. The van der Waals surface area contributed by atoms with Crippen LogP contribution in [-0.2, 0) is 4.79 Å². The molecule has 9 nitrogen and oxygen atoms in total. The number of piperidine rings is 1. The van der Waals surface area contributed by atoms with Crippen LogP contribution in [0.5, 0.6) is 0 Å². The highest BCUT2D eigenvalue weighted by atomic mass is 19.4. The number of carbonyl (C=O) groups is 2. The number of alkyl halides is 3. The van der Waals surface area contributed by atoms with Crippen molar-refractivity contribution in [3.8, 4) is 0 Å². The molecule has 14 heteroatoms. The Morgan fingerprint density at radius 1 is 1.23 bits per heavy atom. The molecule has 2 aromatic heterocycles. The van der Waals surface area contributed by atoms with Gasteiger partial charge in [0.2, 0.25) is 5.91 Å². The monoisotopic (exact) mass is 591 g/mol. The van der Waals surface area contributed by atoms with Crippen molar-refractivity contribution in [3.05, 3.63) is 64.1 Å². The van der Waals surface area contributed by atoms with E-state index < -0.39 is 173 Å². The van der Waals surface area contributed by atoms with Crippen molar-refractivity contribution in [1.82, 2.24) is 29.6 Å². The Balaban J connectivity index is 1.85. The Morgan fingerprint density at radius 2 is 1.98 bits per heavy atom. The lowest BCUT2D eigenvalue weighted by atomic mass is 9.93. The number of carbonyl (C=O) groups excluding carboxylic acids is 2. The SMILES string of the molecule is [2H]c1nc2c(c([2H])c1[2H])n(C1C([2H])([2H])C([2H])([2H])N(C(=O)N([2H])[C@@]3([2H])C(=O)N(C([2H])([2H])C(F)(F)F)C([2H])([2H])[C@H](c4c([2H])c([2H])c([2H])c(F)c4F)C([2H])([2H])C3([2H])[2H])C([2H])([2H])C1([2H])[2H])c(=O)n2[2H]. The number of aromatic nitrogens is 3. The van der Waals surface area contributed by atoms with E-state index in [0.29, 0.717) is 0 Å².